The van der Waals surface area contributed by atoms with Crippen LogP contribution in [-0.2, 0) is 14.2 Å². The molecular weight excluding hydrogens is 300 g/mol. The predicted molar refractivity (Wildman–Crippen MR) is 97.2 cm³/mol. The van der Waals surface area contributed by atoms with Gasteiger partial charge in [0.2, 0.25) is 0 Å². The van der Waals surface area contributed by atoms with Gasteiger partial charge in [-0.1, -0.05) is 38.0 Å². The van der Waals surface area contributed by atoms with Crippen LogP contribution in [-0.4, -0.2) is 36.6 Å². The molecule has 0 spiro atoms. The second-order valence-electron chi connectivity index (χ2n) is 7.53. The second kappa shape index (κ2) is 9.17. The lowest BCUT2D eigenvalue weighted by Gasteiger charge is -1.93. The molecule has 3 fully saturated rings. The number of hydrogen-bond acceptors (Lipinski definition) is 3. The first-order chi connectivity index (χ1) is 11.8. The van der Waals surface area contributed by atoms with Crippen molar-refractivity contribution in [2.24, 2.45) is 0 Å². The van der Waals surface area contributed by atoms with Gasteiger partial charge in [-0.3, -0.25) is 0 Å². The second-order valence-corrected chi connectivity index (χ2v) is 7.53. The van der Waals surface area contributed by atoms with E-state index in [0.717, 1.165) is 25.7 Å². The zero-order chi connectivity index (χ0) is 16.8. The summed E-state index contributed by atoms with van der Waals surface area (Å²) in [6, 6.07) is 0. The fourth-order valence-corrected chi connectivity index (χ4v) is 3.61. The van der Waals surface area contributed by atoms with Crippen molar-refractivity contribution in [3.05, 3.63) is 24.8 Å². The molecule has 0 radical (unpaired) electrons. The van der Waals surface area contributed by atoms with Crippen LogP contribution in [0.5, 0.6) is 0 Å². The molecule has 0 aliphatic carbocycles. The first-order valence-corrected chi connectivity index (χ1v) is 10.0. The Labute approximate surface area is 147 Å². The van der Waals surface area contributed by atoms with E-state index in [4.69, 9.17) is 14.2 Å². The third kappa shape index (κ3) is 6.02. The maximum Gasteiger partial charge on any atom is 0.0877 e. The maximum atomic E-state index is 5.82. The largest absolute Gasteiger partial charge is 0.369 e. The predicted octanol–water partition coefficient (Wildman–Crippen LogP) is 4.95. The molecule has 3 rings (SSSR count). The molecule has 0 amide bonds. The molecule has 24 heavy (non-hydrogen) atoms. The fourth-order valence-electron chi connectivity index (χ4n) is 3.61. The summed E-state index contributed by atoms with van der Waals surface area (Å²) in [5, 5.41) is 0. The Hall–Kier alpha value is -0.640. The van der Waals surface area contributed by atoms with Crippen LogP contribution in [0.3, 0.4) is 0 Å². The van der Waals surface area contributed by atoms with E-state index < -0.39 is 0 Å². The van der Waals surface area contributed by atoms with Crippen LogP contribution in [0, 0.1) is 0 Å². The molecule has 0 aromatic carbocycles. The van der Waals surface area contributed by atoms with Crippen molar-refractivity contribution in [3.63, 3.8) is 0 Å². The molecule has 0 N–H and O–H groups in total. The van der Waals surface area contributed by atoms with Gasteiger partial charge in [-0.25, -0.2) is 0 Å². The molecule has 3 aliphatic rings. The third-order valence-electron chi connectivity index (χ3n) is 5.40. The normalized spacial score (nSPS) is 36.9. The zero-order valence-corrected chi connectivity index (χ0v) is 15.2. The highest BCUT2D eigenvalue weighted by atomic mass is 16.6. The van der Waals surface area contributed by atoms with Gasteiger partial charge in [-0.05, 0) is 38.5 Å². The van der Waals surface area contributed by atoms with E-state index in [1.807, 2.05) is 6.08 Å². The molecule has 0 aromatic heterocycles. The minimum atomic E-state index is 0.423. The van der Waals surface area contributed by atoms with Crippen molar-refractivity contribution < 1.29 is 14.2 Å². The number of ether oxygens (including phenoxy) is 3. The molecule has 3 saturated heterocycles. The van der Waals surface area contributed by atoms with Crippen LogP contribution in [0.1, 0.15) is 71.1 Å². The van der Waals surface area contributed by atoms with Crippen LogP contribution >= 0.6 is 0 Å². The molecule has 6 unspecified atom stereocenters. The molecule has 3 aliphatic heterocycles. The summed E-state index contributed by atoms with van der Waals surface area (Å²) in [6.45, 7) is 6.01. The smallest absolute Gasteiger partial charge is 0.0877 e. The van der Waals surface area contributed by atoms with Gasteiger partial charge in [0.15, 0.2) is 0 Å². The fraction of sp³-hybridized carbons (Fsp3) is 0.810. The number of unbranched alkanes of at least 4 members (excludes halogenated alkanes) is 4. The van der Waals surface area contributed by atoms with Gasteiger partial charge in [0, 0.05) is 12.8 Å². The van der Waals surface area contributed by atoms with E-state index in [1.165, 1.54) is 38.5 Å². The Kier molecular flexibility index (Phi) is 6.94. The molecule has 3 heteroatoms. The minimum absolute atomic E-state index is 0.423. The molecule has 136 valence electrons. The van der Waals surface area contributed by atoms with Gasteiger partial charge >= 0.3 is 0 Å². The average molecular weight is 335 g/mol. The number of epoxide rings is 3. The summed E-state index contributed by atoms with van der Waals surface area (Å²) >= 11 is 0. The third-order valence-corrected chi connectivity index (χ3v) is 5.40. The lowest BCUT2D eigenvalue weighted by Crippen LogP contribution is -2.05. The lowest BCUT2D eigenvalue weighted by molar-refractivity contribution is 0.309. The summed E-state index contributed by atoms with van der Waals surface area (Å²) in [5.41, 5.74) is 0. The maximum absolute atomic E-state index is 5.82. The highest BCUT2D eigenvalue weighted by Crippen LogP contribution is 2.42. The summed E-state index contributed by atoms with van der Waals surface area (Å²) in [4.78, 5) is 0. The van der Waals surface area contributed by atoms with Crippen LogP contribution < -0.4 is 0 Å². The molecular formula is C21H34O3. The average Bonchev–Trinajstić information content (AvgIpc) is 3.48. The van der Waals surface area contributed by atoms with Crippen LogP contribution in [0.25, 0.3) is 0 Å². The molecule has 3 nitrogen and oxygen atoms in total. The summed E-state index contributed by atoms with van der Waals surface area (Å²) in [6.07, 6.45) is 21.1. The highest BCUT2D eigenvalue weighted by molar-refractivity contribution is 5.00. The van der Waals surface area contributed by atoms with Crippen LogP contribution in [0.15, 0.2) is 24.8 Å². The summed E-state index contributed by atoms with van der Waals surface area (Å²) < 4.78 is 17.3. The van der Waals surface area contributed by atoms with Gasteiger partial charge in [0.05, 0.1) is 36.6 Å². The molecule has 0 saturated carbocycles. The van der Waals surface area contributed by atoms with E-state index in [-0.39, 0.29) is 0 Å². The van der Waals surface area contributed by atoms with E-state index in [2.05, 4.69) is 25.7 Å². The van der Waals surface area contributed by atoms with E-state index in [1.54, 1.807) is 0 Å². The minimum Gasteiger partial charge on any atom is -0.369 e. The Morgan fingerprint density at radius 3 is 2.17 bits per heavy atom. The highest BCUT2D eigenvalue weighted by Gasteiger charge is 2.51. The van der Waals surface area contributed by atoms with Crippen molar-refractivity contribution in [2.45, 2.75) is 108 Å². The van der Waals surface area contributed by atoms with E-state index in [9.17, 15) is 0 Å². The van der Waals surface area contributed by atoms with Crippen molar-refractivity contribution in [2.75, 3.05) is 0 Å². The topological polar surface area (TPSA) is 37.6 Å². The first kappa shape index (κ1) is 18.2. The van der Waals surface area contributed by atoms with Gasteiger partial charge in [-0.2, -0.15) is 0 Å². The summed E-state index contributed by atoms with van der Waals surface area (Å²) in [7, 11) is 0. The van der Waals surface area contributed by atoms with Crippen molar-refractivity contribution in [3.8, 4) is 0 Å². The monoisotopic (exact) mass is 334 g/mol. The van der Waals surface area contributed by atoms with Gasteiger partial charge in [0.1, 0.15) is 0 Å². The van der Waals surface area contributed by atoms with E-state index in [0.29, 0.717) is 36.6 Å². The van der Waals surface area contributed by atoms with Gasteiger partial charge in [-0.15, -0.1) is 6.58 Å². The van der Waals surface area contributed by atoms with Gasteiger partial charge in [0.25, 0.3) is 0 Å². The molecule has 0 aromatic rings. The van der Waals surface area contributed by atoms with Crippen molar-refractivity contribution >= 4 is 0 Å². The Morgan fingerprint density at radius 1 is 0.750 bits per heavy atom. The van der Waals surface area contributed by atoms with Crippen LogP contribution in [0.2, 0.25) is 0 Å². The Bertz CT molecular complexity index is 419. The van der Waals surface area contributed by atoms with Crippen molar-refractivity contribution in [1.82, 2.24) is 0 Å². The zero-order valence-electron chi connectivity index (χ0n) is 15.2. The molecule has 3 heterocycles. The number of hydrogen-bond donors (Lipinski definition) is 0. The number of allylic oxidation sites excluding steroid dienone is 2. The quantitative estimate of drug-likeness (QED) is 0.256. The molecule has 0 bridgehead atoms. The van der Waals surface area contributed by atoms with Gasteiger partial charge < -0.3 is 14.2 Å². The first-order valence-electron chi connectivity index (χ1n) is 10.0. The van der Waals surface area contributed by atoms with E-state index >= 15 is 0 Å². The Morgan fingerprint density at radius 2 is 1.42 bits per heavy atom. The van der Waals surface area contributed by atoms with Crippen LogP contribution in [0.4, 0.5) is 0 Å². The SMILES string of the molecule is C=CCCCC1OC1CC1OC1CC1OC1C/C=C\CCCCC. The number of rotatable bonds is 14. The standard InChI is InChI=1S/C21H34O3/c1-3-5-7-8-9-11-13-17-19(23-17)15-21-20(24-21)14-18-16(22-18)12-10-6-4-2/h4,9,11,16-21H,2-3,5-8,10,12-15H2,1H3/b11-9-. The molecule has 6 atom stereocenters. The van der Waals surface area contributed by atoms with Crippen molar-refractivity contribution in [1.29, 1.82) is 0 Å². The summed E-state index contributed by atoms with van der Waals surface area (Å²) in [5.74, 6) is 0. The Balaban J connectivity index is 1.18. The lowest BCUT2D eigenvalue weighted by atomic mass is 10.0.